The lowest BCUT2D eigenvalue weighted by Crippen LogP contribution is -2.45. The Balaban J connectivity index is 2.33. The van der Waals surface area contributed by atoms with Crippen LogP contribution < -0.4 is 10.1 Å². The largest absolute Gasteiger partial charge is 0.504 e. The minimum atomic E-state index is -4.22. The number of aromatic hydroxyl groups is 1. The molecule has 1 aromatic carbocycles. The number of nitrogens with zero attached hydrogens (tertiary/aromatic N) is 1. The standard InChI is InChI=1S/C15H20BrF3N2O2/c1-23-13-9-10(16)8-11(14(13)22)12(2-3-15(17,18)19)21-6-4-20-5-7-21/h8-9,12,20,22H,2-7H2,1H3/t12-/m1/s1. The van der Waals surface area contributed by atoms with Crippen molar-refractivity contribution in [3.05, 3.63) is 22.2 Å². The molecule has 0 saturated carbocycles. The number of halogens is 4. The van der Waals surface area contributed by atoms with Gasteiger partial charge in [0.2, 0.25) is 0 Å². The fourth-order valence-electron chi connectivity index (χ4n) is 2.83. The molecule has 0 spiro atoms. The van der Waals surface area contributed by atoms with Crippen molar-refractivity contribution in [3.8, 4) is 11.5 Å². The molecule has 0 unspecified atom stereocenters. The number of hydrogen-bond donors (Lipinski definition) is 2. The lowest BCUT2D eigenvalue weighted by atomic mass is 9.98. The number of hydrogen-bond acceptors (Lipinski definition) is 4. The minimum Gasteiger partial charge on any atom is -0.504 e. The van der Waals surface area contributed by atoms with Crippen LogP contribution >= 0.6 is 15.9 Å². The molecule has 0 bridgehead atoms. The van der Waals surface area contributed by atoms with Crippen molar-refractivity contribution in [2.75, 3.05) is 33.3 Å². The molecule has 0 amide bonds. The van der Waals surface area contributed by atoms with Gasteiger partial charge in [-0.25, -0.2) is 0 Å². The van der Waals surface area contributed by atoms with E-state index < -0.39 is 18.6 Å². The first kappa shape index (κ1) is 18.4. The fraction of sp³-hybridized carbons (Fsp3) is 0.600. The molecule has 0 radical (unpaired) electrons. The van der Waals surface area contributed by atoms with Crippen LogP contribution in [0.25, 0.3) is 0 Å². The van der Waals surface area contributed by atoms with Gasteiger partial charge in [-0.3, -0.25) is 4.90 Å². The van der Waals surface area contributed by atoms with E-state index in [9.17, 15) is 18.3 Å². The highest BCUT2D eigenvalue weighted by atomic mass is 79.9. The Morgan fingerprint density at radius 3 is 2.57 bits per heavy atom. The number of phenols is 1. The van der Waals surface area contributed by atoms with Crippen molar-refractivity contribution in [1.29, 1.82) is 0 Å². The number of methoxy groups -OCH3 is 1. The molecule has 0 aliphatic carbocycles. The van der Waals surface area contributed by atoms with Crippen molar-refractivity contribution < 1.29 is 23.0 Å². The third kappa shape index (κ3) is 4.99. The molecule has 1 atom stereocenters. The molecule has 4 nitrogen and oxygen atoms in total. The molecular weight excluding hydrogens is 377 g/mol. The zero-order chi connectivity index (χ0) is 17.0. The van der Waals surface area contributed by atoms with E-state index in [1.54, 1.807) is 12.1 Å². The average Bonchev–Trinajstić information content (AvgIpc) is 2.50. The third-order valence-corrected chi connectivity index (χ3v) is 4.40. The van der Waals surface area contributed by atoms with Gasteiger partial charge in [0.05, 0.1) is 7.11 Å². The second-order valence-electron chi connectivity index (χ2n) is 5.50. The second kappa shape index (κ2) is 7.72. The summed E-state index contributed by atoms with van der Waals surface area (Å²) in [6.07, 6.45) is -5.22. The van der Waals surface area contributed by atoms with Crippen molar-refractivity contribution in [1.82, 2.24) is 10.2 Å². The Morgan fingerprint density at radius 2 is 2.00 bits per heavy atom. The molecule has 1 saturated heterocycles. The predicted octanol–water partition coefficient (Wildman–Crippen LogP) is 3.45. The summed E-state index contributed by atoms with van der Waals surface area (Å²) in [5, 5.41) is 13.6. The summed E-state index contributed by atoms with van der Waals surface area (Å²) in [5.41, 5.74) is 0.461. The Hall–Kier alpha value is -0.990. The van der Waals surface area contributed by atoms with Crippen LogP contribution in [-0.4, -0.2) is 49.5 Å². The molecule has 8 heteroatoms. The number of piperazine rings is 1. The summed E-state index contributed by atoms with van der Waals surface area (Å²) >= 11 is 3.33. The highest BCUT2D eigenvalue weighted by molar-refractivity contribution is 9.10. The van der Waals surface area contributed by atoms with E-state index in [0.717, 1.165) is 0 Å². The topological polar surface area (TPSA) is 44.7 Å². The van der Waals surface area contributed by atoms with Crippen molar-refractivity contribution in [3.63, 3.8) is 0 Å². The number of rotatable bonds is 5. The van der Waals surface area contributed by atoms with Crippen LogP contribution in [0, 0.1) is 0 Å². The highest BCUT2D eigenvalue weighted by Crippen LogP contribution is 2.41. The van der Waals surface area contributed by atoms with E-state index in [1.165, 1.54) is 7.11 Å². The lowest BCUT2D eigenvalue weighted by Gasteiger charge is -2.36. The summed E-state index contributed by atoms with van der Waals surface area (Å²) in [6.45, 7) is 2.70. The van der Waals surface area contributed by atoms with Crippen LogP contribution in [0.15, 0.2) is 16.6 Å². The van der Waals surface area contributed by atoms with E-state index in [-0.39, 0.29) is 17.9 Å². The molecule has 23 heavy (non-hydrogen) atoms. The summed E-state index contributed by atoms with van der Waals surface area (Å²) in [5.74, 6) is 0.155. The monoisotopic (exact) mass is 396 g/mol. The van der Waals surface area contributed by atoms with Crippen molar-refractivity contribution in [2.45, 2.75) is 25.1 Å². The minimum absolute atomic E-state index is 0.0959. The van der Waals surface area contributed by atoms with Gasteiger partial charge in [0.1, 0.15) is 0 Å². The van der Waals surface area contributed by atoms with E-state index in [4.69, 9.17) is 4.74 Å². The fourth-order valence-corrected chi connectivity index (χ4v) is 3.29. The maximum absolute atomic E-state index is 12.7. The van der Waals surface area contributed by atoms with Gasteiger partial charge in [0.25, 0.3) is 0 Å². The zero-order valence-corrected chi connectivity index (χ0v) is 14.4. The summed E-state index contributed by atoms with van der Waals surface area (Å²) in [6, 6.07) is 2.75. The smallest absolute Gasteiger partial charge is 0.389 e. The van der Waals surface area contributed by atoms with Gasteiger partial charge in [-0.2, -0.15) is 13.2 Å². The molecule has 1 fully saturated rings. The first-order valence-corrected chi connectivity index (χ1v) is 8.19. The zero-order valence-electron chi connectivity index (χ0n) is 12.8. The van der Waals surface area contributed by atoms with E-state index in [0.29, 0.717) is 36.2 Å². The first-order valence-electron chi connectivity index (χ1n) is 7.39. The van der Waals surface area contributed by atoms with E-state index in [2.05, 4.69) is 21.2 Å². The Kier molecular flexibility index (Phi) is 6.16. The van der Waals surface area contributed by atoms with Crippen LogP contribution in [0.1, 0.15) is 24.4 Å². The molecule has 1 aliphatic heterocycles. The number of alkyl halides is 3. The van der Waals surface area contributed by atoms with Crippen LogP contribution in [0.4, 0.5) is 13.2 Å². The molecule has 2 rings (SSSR count). The molecule has 1 aliphatic rings. The third-order valence-electron chi connectivity index (χ3n) is 3.94. The van der Waals surface area contributed by atoms with Crippen LogP contribution in [0.5, 0.6) is 11.5 Å². The number of benzene rings is 1. The van der Waals surface area contributed by atoms with Gasteiger partial charge < -0.3 is 15.2 Å². The van der Waals surface area contributed by atoms with Gasteiger partial charge in [-0.15, -0.1) is 0 Å². The van der Waals surface area contributed by atoms with Gasteiger partial charge in [-0.1, -0.05) is 15.9 Å². The highest BCUT2D eigenvalue weighted by Gasteiger charge is 2.33. The number of phenolic OH excluding ortho intramolecular Hbond substituents is 1. The van der Waals surface area contributed by atoms with Crippen LogP contribution in [0.3, 0.4) is 0 Å². The van der Waals surface area contributed by atoms with Crippen molar-refractivity contribution >= 4 is 15.9 Å². The molecule has 130 valence electrons. The number of nitrogens with one attached hydrogen (secondary N) is 1. The maximum Gasteiger partial charge on any atom is 0.389 e. The first-order chi connectivity index (χ1) is 10.8. The molecule has 0 aromatic heterocycles. The second-order valence-corrected chi connectivity index (χ2v) is 6.42. The Morgan fingerprint density at radius 1 is 1.35 bits per heavy atom. The molecule has 1 heterocycles. The van der Waals surface area contributed by atoms with Gasteiger partial charge in [0.15, 0.2) is 11.5 Å². The van der Waals surface area contributed by atoms with E-state index >= 15 is 0 Å². The summed E-state index contributed by atoms with van der Waals surface area (Å²) in [4.78, 5) is 1.98. The lowest BCUT2D eigenvalue weighted by molar-refractivity contribution is -0.138. The average molecular weight is 397 g/mol. The van der Waals surface area contributed by atoms with Gasteiger partial charge in [0, 0.05) is 48.7 Å². The van der Waals surface area contributed by atoms with Crippen LogP contribution in [-0.2, 0) is 0 Å². The maximum atomic E-state index is 12.7. The Bertz CT molecular complexity index is 534. The van der Waals surface area contributed by atoms with Crippen molar-refractivity contribution in [2.24, 2.45) is 0 Å². The predicted molar refractivity (Wildman–Crippen MR) is 84.8 cm³/mol. The Labute approximate surface area is 141 Å². The normalized spacial score (nSPS) is 18.0. The molecule has 1 aromatic rings. The quantitative estimate of drug-likeness (QED) is 0.799. The summed E-state index contributed by atoms with van der Waals surface area (Å²) in [7, 11) is 1.42. The van der Waals surface area contributed by atoms with Gasteiger partial charge >= 0.3 is 6.18 Å². The molecular formula is C15H20BrF3N2O2. The molecule has 2 N–H and O–H groups in total. The summed E-state index contributed by atoms with van der Waals surface area (Å²) < 4.78 is 43.9. The SMILES string of the molecule is COc1cc(Br)cc([C@@H](CCC(F)(F)F)N2CCNCC2)c1O. The van der Waals surface area contributed by atoms with Crippen LogP contribution in [0.2, 0.25) is 0 Å². The number of ether oxygens (including phenoxy) is 1. The van der Waals surface area contributed by atoms with Gasteiger partial charge in [-0.05, 0) is 18.6 Å². The van der Waals surface area contributed by atoms with E-state index in [1.807, 2.05) is 4.90 Å².